The van der Waals surface area contributed by atoms with Gasteiger partial charge in [-0.05, 0) is 13.8 Å². The number of hydrogen-bond acceptors (Lipinski definition) is 5. The fourth-order valence-corrected chi connectivity index (χ4v) is 1.95. The van der Waals surface area contributed by atoms with Crippen molar-refractivity contribution in [3.63, 3.8) is 0 Å². The van der Waals surface area contributed by atoms with Crippen molar-refractivity contribution in [2.24, 2.45) is 0 Å². The molecule has 2 heterocycles. The summed E-state index contributed by atoms with van der Waals surface area (Å²) in [6.07, 6.45) is 2.89. The molecule has 0 aromatic carbocycles. The number of morpholine rings is 1. The minimum atomic E-state index is -0.125. The molecular weight excluding hydrogens is 220 g/mol. The van der Waals surface area contributed by atoms with E-state index in [4.69, 9.17) is 10.5 Å². The van der Waals surface area contributed by atoms with Crippen molar-refractivity contribution in [2.75, 3.05) is 18.8 Å². The summed E-state index contributed by atoms with van der Waals surface area (Å²) in [5.41, 5.74) is 5.75. The average molecular weight is 236 g/mol. The molecule has 1 aromatic heterocycles. The molecule has 0 unspecified atom stereocenters. The van der Waals surface area contributed by atoms with E-state index in [1.165, 1.54) is 12.4 Å². The van der Waals surface area contributed by atoms with Crippen LogP contribution in [0.4, 0.5) is 5.82 Å². The molecule has 1 aliphatic rings. The normalized spacial score (nSPS) is 24.7. The van der Waals surface area contributed by atoms with Crippen LogP contribution in [0.15, 0.2) is 12.4 Å². The van der Waals surface area contributed by atoms with E-state index in [0.29, 0.717) is 24.6 Å². The predicted molar refractivity (Wildman–Crippen MR) is 62.4 cm³/mol. The Morgan fingerprint density at radius 3 is 2.53 bits per heavy atom. The van der Waals surface area contributed by atoms with Crippen LogP contribution in [0.1, 0.15) is 24.3 Å². The molecule has 1 amide bonds. The van der Waals surface area contributed by atoms with Gasteiger partial charge in [-0.15, -0.1) is 0 Å². The first-order valence-corrected chi connectivity index (χ1v) is 5.58. The fraction of sp³-hybridized carbons (Fsp3) is 0.545. The number of hydrogen-bond donors (Lipinski definition) is 1. The number of rotatable bonds is 1. The third-order valence-corrected chi connectivity index (χ3v) is 2.60. The number of nitrogens with zero attached hydrogens (tertiary/aromatic N) is 3. The number of nitrogen functional groups attached to an aromatic ring is 1. The molecule has 2 atom stereocenters. The Balaban J connectivity index is 2.11. The first-order valence-electron chi connectivity index (χ1n) is 5.58. The van der Waals surface area contributed by atoms with Crippen LogP contribution in [0.3, 0.4) is 0 Å². The molecule has 6 nitrogen and oxygen atoms in total. The lowest BCUT2D eigenvalue weighted by Crippen LogP contribution is -2.48. The molecule has 92 valence electrons. The lowest BCUT2D eigenvalue weighted by Gasteiger charge is -2.35. The molecule has 1 aliphatic heterocycles. The number of carbonyl (C=O) groups excluding carboxylic acids is 1. The third kappa shape index (κ3) is 2.71. The zero-order valence-electron chi connectivity index (χ0n) is 9.96. The molecule has 1 fully saturated rings. The van der Waals surface area contributed by atoms with Crippen LogP contribution in [-0.4, -0.2) is 46.1 Å². The second-order valence-electron chi connectivity index (χ2n) is 4.29. The molecule has 17 heavy (non-hydrogen) atoms. The average Bonchev–Trinajstić information content (AvgIpc) is 2.28. The smallest absolute Gasteiger partial charge is 0.274 e. The van der Waals surface area contributed by atoms with Gasteiger partial charge in [0.05, 0.1) is 24.6 Å². The molecule has 6 heteroatoms. The van der Waals surface area contributed by atoms with Crippen LogP contribution in [-0.2, 0) is 4.74 Å². The monoisotopic (exact) mass is 236 g/mol. The highest BCUT2D eigenvalue weighted by atomic mass is 16.5. The number of ether oxygens (including phenoxy) is 1. The molecule has 1 saturated heterocycles. The zero-order chi connectivity index (χ0) is 12.4. The number of amides is 1. The molecule has 0 aliphatic carbocycles. The van der Waals surface area contributed by atoms with Crippen LogP contribution in [0.5, 0.6) is 0 Å². The minimum Gasteiger partial charge on any atom is -0.382 e. The second-order valence-corrected chi connectivity index (χ2v) is 4.29. The van der Waals surface area contributed by atoms with E-state index >= 15 is 0 Å². The van der Waals surface area contributed by atoms with E-state index in [-0.39, 0.29) is 18.1 Å². The van der Waals surface area contributed by atoms with Gasteiger partial charge in [0, 0.05) is 13.1 Å². The molecule has 0 bridgehead atoms. The lowest BCUT2D eigenvalue weighted by atomic mass is 10.2. The summed E-state index contributed by atoms with van der Waals surface area (Å²) in [5, 5.41) is 0. The van der Waals surface area contributed by atoms with Crippen molar-refractivity contribution < 1.29 is 9.53 Å². The summed E-state index contributed by atoms with van der Waals surface area (Å²) in [5.74, 6) is 0.185. The van der Waals surface area contributed by atoms with Gasteiger partial charge < -0.3 is 15.4 Å². The number of aromatic nitrogens is 2. The third-order valence-electron chi connectivity index (χ3n) is 2.60. The number of nitrogens with two attached hydrogens (primary N) is 1. The quantitative estimate of drug-likeness (QED) is 0.758. The summed E-state index contributed by atoms with van der Waals surface area (Å²) >= 11 is 0. The standard InChI is InChI=1S/C11H16N4O2/c1-7-5-15(6-8(2)17-7)11(16)9-3-14-10(12)4-13-9/h3-4,7-8H,5-6H2,1-2H3,(H2,12,14)/t7-,8+. The Morgan fingerprint density at radius 1 is 1.35 bits per heavy atom. The van der Waals surface area contributed by atoms with E-state index < -0.39 is 0 Å². The fourth-order valence-electron chi connectivity index (χ4n) is 1.95. The van der Waals surface area contributed by atoms with Gasteiger partial charge in [-0.2, -0.15) is 0 Å². The zero-order valence-corrected chi connectivity index (χ0v) is 9.96. The SMILES string of the molecule is C[C@@H]1CN(C(=O)c2cnc(N)cn2)C[C@H](C)O1. The Kier molecular flexibility index (Phi) is 3.23. The van der Waals surface area contributed by atoms with Crippen molar-refractivity contribution in [1.29, 1.82) is 0 Å². The summed E-state index contributed by atoms with van der Waals surface area (Å²) in [4.78, 5) is 21.7. The molecule has 0 radical (unpaired) electrons. The van der Waals surface area contributed by atoms with Gasteiger partial charge in [0.1, 0.15) is 11.5 Å². The molecular formula is C11H16N4O2. The van der Waals surface area contributed by atoms with Crippen molar-refractivity contribution in [3.8, 4) is 0 Å². The lowest BCUT2D eigenvalue weighted by molar-refractivity contribution is -0.0587. The Bertz CT molecular complexity index is 396. The van der Waals surface area contributed by atoms with Gasteiger partial charge in [0.2, 0.25) is 0 Å². The highest BCUT2D eigenvalue weighted by Gasteiger charge is 2.27. The maximum Gasteiger partial charge on any atom is 0.274 e. The van der Waals surface area contributed by atoms with Crippen LogP contribution in [0.25, 0.3) is 0 Å². The maximum atomic E-state index is 12.1. The van der Waals surface area contributed by atoms with E-state index in [1.54, 1.807) is 4.90 Å². The van der Waals surface area contributed by atoms with Crippen LogP contribution >= 0.6 is 0 Å². The van der Waals surface area contributed by atoms with E-state index in [2.05, 4.69) is 9.97 Å². The molecule has 2 N–H and O–H groups in total. The van der Waals surface area contributed by atoms with Crippen molar-refractivity contribution >= 4 is 11.7 Å². The Labute approximate surface area is 99.8 Å². The van der Waals surface area contributed by atoms with E-state index in [9.17, 15) is 4.79 Å². The number of carbonyl (C=O) groups is 1. The van der Waals surface area contributed by atoms with Gasteiger partial charge in [0.15, 0.2) is 0 Å². The molecule has 2 rings (SSSR count). The van der Waals surface area contributed by atoms with Crippen molar-refractivity contribution in [1.82, 2.24) is 14.9 Å². The van der Waals surface area contributed by atoms with Gasteiger partial charge in [0.25, 0.3) is 5.91 Å². The largest absolute Gasteiger partial charge is 0.382 e. The van der Waals surface area contributed by atoms with Crippen LogP contribution in [0, 0.1) is 0 Å². The summed E-state index contributed by atoms with van der Waals surface area (Å²) < 4.78 is 5.57. The van der Waals surface area contributed by atoms with Crippen LogP contribution in [0.2, 0.25) is 0 Å². The van der Waals surface area contributed by atoms with Gasteiger partial charge in [-0.1, -0.05) is 0 Å². The molecule has 0 spiro atoms. The highest BCUT2D eigenvalue weighted by Crippen LogP contribution is 2.13. The highest BCUT2D eigenvalue weighted by molar-refractivity contribution is 5.92. The van der Waals surface area contributed by atoms with Crippen LogP contribution < -0.4 is 5.73 Å². The van der Waals surface area contributed by atoms with Crippen molar-refractivity contribution in [2.45, 2.75) is 26.1 Å². The van der Waals surface area contributed by atoms with Gasteiger partial charge in [-0.25, -0.2) is 9.97 Å². The Morgan fingerprint density at radius 2 is 2.00 bits per heavy atom. The first kappa shape index (κ1) is 11.8. The molecule has 0 saturated carbocycles. The summed E-state index contributed by atoms with van der Waals surface area (Å²) in [7, 11) is 0. The first-order chi connectivity index (χ1) is 8.06. The maximum absolute atomic E-state index is 12.1. The predicted octanol–water partition coefficient (Wildman–Crippen LogP) is 0.308. The van der Waals surface area contributed by atoms with Gasteiger partial charge in [-0.3, -0.25) is 4.79 Å². The number of anilines is 1. The second kappa shape index (κ2) is 4.67. The summed E-state index contributed by atoms with van der Waals surface area (Å²) in [6.45, 7) is 5.06. The topological polar surface area (TPSA) is 81.3 Å². The van der Waals surface area contributed by atoms with Gasteiger partial charge >= 0.3 is 0 Å². The minimum absolute atomic E-state index is 0.0458. The summed E-state index contributed by atoms with van der Waals surface area (Å²) in [6, 6.07) is 0. The molecule has 1 aromatic rings. The van der Waals surface area contributed by atoms with E-state index in [1.807, 2.05) is 13.8 Å². The van der Waals surface area contributed by atoms with E-state index in [0.717, 1.165) is 0 Å². The van der Waals surface area contributed by atoms with Crippen molar-refractivity contribution in [3.05, 3.63) is 18.1 Å². The Hall–Kier alpha value is -1.69.